The van der Waals surface area contributed by atoms with Crippen LogP contribution in [-0.4, -0.2) is 31.1 Å². The lowest BCUT2D eigenvalue weighted by Gasteiger charge is -2.43. The van der Waals surface area contributed by atoms with Crippen LogP contribution in [0.15, 0.2) is 18.2 Å². The van der Waals surface area contributed by atoms with Crippen LogP contribution in [0.5, 0.6) is 0 Å². The molecular weight excluding hydrogens is 239 g/mol. The highest BCUT2D eigenvalue weighted by Gasteiger charge is 2.33. The predicted octanol–water partition coefficient (Wildman–Crippen LogP) is 2.88. The molecule has 0 bridgehead atoms. The molecule has 1 aromatic carbocycles. The first-order valence-electron chi connectivity index (χ1n) is 7.46. The number of nitrogens with one attached hydrogen (secondary N) is 1. The van der Waals surface area contributed by atoms with E-state index in [2.05, 4.69) is 16.3 Å². The van der Waals surface area contributed by atoms with Crippen molar-refractivity contribution in [1.29, 1.82) is 0 Å². The van der Waals surface area contributed by atoms with Gasteiger partial charge in [-0.3, -0.25) is 4.90 Å². The topological polar surface area (TPSA) is 15.3 Å². The van der Waals surface area contributed by atoms with E-state index in [1.807, 2.05) is 13.0 Å². The Bertz CT molecular complexity index is 436. The van der Waals surface area contributed by atoms with Crippen molar-refractivity contribution < 1.29 is 4.39 Å². The molecule has 1 aliphatic heterocycles. The lowest BCUT2D eigenvalue weighted by Crippen LogP contribution is -2.47. The molecule has 2 aliphatic rings. The van der Waals surface area contributed by atoms with E-state index in [-0.39, 0.29) is 5.82 Å². The summed E-state index contributed by atoms with van der Waals surface area (Å²) in [5.41, 5.74) is 2.09. The van der Waals surface area contributed by atoms with Gasteiger partial charge in [0.15, 0.2) is 0 Å². The van der Waals surface area contributed by atoms with E-state index in [1.165, 1.54) is 24.8 Å². The molecule has 1 saturated heterocycles. The van der Waals surface area contributed by atoms with Gasteiger partial charge in [0, 0.05) is 32.2 Å². The largest absolute Gasteiger partial charge is 0.314 e. The molecule has 1 atom stereocenters. The molecule has 3 rings (SSSR count). The third-order valence-electron chi connectivity index (χ3n) is 4.66. The first-order valence-corrected chi connectivity index (χ1v) is 7.46. The van der Waals surface area contributed by atoms with Crippen LogP contribution >= 0.6 is 0 Å². The fourth-order valence-corrected chi connectivity index (χ4v) is 3.35. The van der Waals surface area contributed by atoms with Gasteiger partial charge in [-0.25, -0.2) is 4.39 Å². The number of piperazine rings is 1. The number of hydrogen-bond acceptors (Lipinski definition) is 2. The van der Waals surface area contributed by atoms with Crippen molar-refractivity contribution in [1.82, 2.24) is 10.2 Å². The van der Waals surface area contributed by atoms with Gasteiger partial charge in [0.2, 0.25) is 0 Å². The third-order valence-corrected chi connectivity index (χ3v) is 4.66. The van der Waals surface area contributed by atoms with Crippen LogP contribution in [0.2, 0.25) is 0 Å². The van der Waals surface area contributed by atoms with Gasteiger partial charge >= 0.3 is 0 Å². The maximum atomic E-state index is 13.5. The average Bonchev–Trinajstić information content (AvgIpc) is 2.38. The predicted molar refractivity (Wildman–Crippen MR) is 75.7 cm³/mol. The number of halogens is 1. The van der Waals surface area contributed by atoms with Crippen molar-refractivity contribution >= 4 is 0 Å². The lowest BCUT2D eigenvalue weighted by molar-refractivity contribution is 0.0836. The summed E-state index contributed by atoms with van der Waals surface area (Å²) in [5, 5.41) is 3.41. The van der Waals surface area contributed by atoms with E-state index in [0.717, 1.165) is 37.7 Å². The fraction of sp³-hybridized carbons (Fsp3) is 0.625. The summed E-state index contributed by atoms with van der Waals surface area (Å²) in [7, 11) is 0. The van der Waals surface area contributed by atoms with E-state index < -0.39 is 0 Å². The van der Waals surface area contributed by atoms with Crippen LogP contribution < -0.4 is 5.32 Å². The standard InChI is InChI=1S/C16H23FN2/c1-12-11-14(5-6-15(12)17)16(13-3-2-4-13)19-9-7-18-8-10-19/h5-6,11,13,16,18H,2-4,7-10H2,1H3. The smallest absolute Gasteiger partial charge is 0.126 e. The highest BCUT2D eigenvalue weighted by molar-refractivity contribution is 5.27. The zero-order chi connectivity index (χ0) is 13.2. The second-order valence-electron chi connectivity index (χ2n) is 5.93. The molecule has 0 aromatic heterocycles. The molecule has 19 heavy (non-hydrogen) atoms. The van der Waals surface area contributed by atoms with Crippen molar-refractivity contribution in [3.63, 3.8) is 0 Å². The molecule has 1 N–H and O–H groups in total. The van der Waals surface area contributed by atoms with E-state index >= 15 is 0 Å². The first-order chi connectivity index (χ1) is 9.25. The normalized spacial score (nSPS) is 23.1. The SMILES string of the molecule is Cc1cc(C(C2CCC2)N2CCNCC2)ccc1F. The van der Waals surface area contributed by atoms with Gasteiger partial charge in [0.1, 0.15) is 5.82 Å². The summed E-state index contributed by atoms with van der Waals surface area (Å²) >= 11 is 0. The zero-order valence-electron chi connectivity index (χ0n) is 11.7. The maximum absolute atomic E-state index is 13.5. The number of benzene rings is 1. The highest BCUT2D eigenvalue weighted by Crippen LogP contribution is 2.41. The van der Waals surface area contributed by atoms with Gasteiger partial charge < -0.3 is 5.32 Å². The van der Waals surface area contributed by atoms with Crippen LogP contribution in [0.4, 0.5) is 4.39 Å². The Morgan fingerprint density at radius 2 is 2.00 bits per heavy atom. The Balaban J connectivity index is 1.86. The maximum Gasteiger partial charge on any atom is 0.126 e. The Hall–Kier alpha value is -0.930. The van der Waals surface area contributed by atoms with Crippen molar-refractivity contribution in [2.24, 2.45) is 5.92 Å². The lowest BCUT2D eigenvalue weighted by atomic mass is 9.76. The third kappa shape index (κ3) is 2.67. The number of aryl methyl sites for hydroxylation is 1. The van der Waals surface area contributed by atoms with E-state index in [1.54, 1.807) is 6.07 Å². The van der Waals surface area contributed by atoms with Gasteiger partial charge in [0.05, 0.1) is 0 Å². The van der Waals surface area contributed by atoms with Crippen molar-refractivity contribution in [3.05, 3.63) is 35.1 Å². The monoisotopic (exact) mass is 262 g/mol. The van der Waals surface area contributed by atoms with E-state index in [9.17, 15) is 4.39 Å². The van der Waals surface area contributed by atoms with Crippen LogP contribution in [0.1, 0.15) is 36.4 Å². The molecule has 1 aliphatic carbocycles. The Kier molecular flexibility index (Phi) is 3.85. The first kappa shape index (κ1) is 13.1. The Labute approximate surface area is 115 Å². The van der Waals surface area contributed by atoms with Crippen LogP contribution in [0.3, 0.4) is 0 Å². The molecule has 3 heteroatoms. The van der Waals surface area contributed by atoms with Gasteiger partial charge in [-0.05, 0) is 42.9 Å². The second kappa shape index (κ2) is 5.59. The minimum absolute atomic E-state index is 0.0866. The fourth-order valence-electron chi connectivity index (χ4n) is 3.35. The Morgan fingerprint density at radius 1 is 1.26 bits per heavy atom. The summed E-state index contributed by atoms with van der Waals surface area (Å²) in [6, 6.07) is 6.18. The molecule has 0 radical (unpaired) electrons. The van der Waals surface area contributed by atoms with Crippen molar-refractivity contribution in [3.8, 4) is 0 Å². The minimum atomic E-state index is -0.0866. The van der Waals surface area contributed by atoms with Crippen LogP contribution in [-0.2, 0) is 0 Å². The van der Waals surface area contributed by atoms with Crippen LogP contribution in [0.25, 0.3) is 0 Å². The summed E-state index contributed by atoms with van der Waals surface area (Å²) in [4.78, 5) is 2.59. The molecule has 104 valence electrons. The van der Waals surface area contributed by atoms with Gasteiger partial charge in [-0.1, -0.05) is 18.6 Å². The van der Waals surface area contributed by atoms with Gasteiger partial charge in [-0.15, -0.1) is 0 Å². The summed E-state index contributed by atoms with van der Waals surface area (Å²) in [5.74, 6) is 0.680. The number of nitrogens with zero attached hydrogens (tertiary/aromatic N) is 1. The summed E-state index contributed by atoms with van der Waals surface area (Å²) < 4.78 is 13.5. The summed E-state index contributed by atoms with van der Waals surface area (Å²) in [6.45, 7) is 6.23. The van der Waals surface area contributed by atoms with E-state index in [0.29, 0.717) is 6.04 Å². The van der Waals surface area contributed by atoms with Crippen molar-refractivity contribution in [2.45, 2.75) is 32.2 Å². The molecule has 1 unspecified atom stereocenters. The average molecular weight is 262 g/mol. The zero-order valence-corrected chi connectivity index (χ0v) is 11.7. The molecule has 0 spiro atoms. The van der Waals surface area contributed by atoms with Crippen molar-refractivity contribution in [2.75, 3.05) is 26.2 Å². The molecule has 2 nitrogen and oxygen atoms in total. The minimum Gasteiger partial charge on any atom is -0.314 e. The van der Waals surface area contributed by atoms with Gasteiger partial charge in [-0.2, -0.15) is 0 Å². The molecule has 1 heterocycles. The molecule has 0 amide bonds. The number of hydrogen-bond donors (Lipinski definition) is 1. The highest BCUT2D eigenvalue weighted by atomic mass is 19.1. The summed E-state index contributed by atoms with van der Waals surface area (Å²) in [6.07, 6.45) is 4.00. The molecule has 1 aromatic rings. The second-order valence-corrected chi connectivity index (χ2v) is 5.93. The number of rotatable bonds is 3. The quantitative estimate of drug-likeness (QED) is 0.901. The van der Waals surface area contributed by atoms with Gasteiger partial charge in [0.25, 0.3) is 0 Å². The molecular formula is C16H23FN2. The van der Waals surface area contributed by atoms with Crippen LogP contribution in [0, 0.1) is 18.7 Å². The molecule has 1 saturated carbocycles. The molecule has 2 fully saturated rings. The van der Waals surface area contributed by atoms with E-state index in [4.69, 9.17) is 0 Å². The Morgan fingerprint density at radius 3 is 2.58 bits per heavy atom.